The molecule has 0 heterocycles. The van der Waals surface area contributed by atoms with Gasteiger partial charge in [0.15, 0.2) is 0 Å². The van der Waals surface area contributed by atoms with Crippen molar-refractivity contribution in [1.82, 2.24) is 5.32 Å². The zero-order valence-electron chi connectivity index (χ0n) is 11.4. The van der Waals surface area contributed by atoms with Gasteiger partial charge in [-0.15, -0.1) is 0 Å². The second kappa shape index (κ2) is 7.03. The maximum absolute atomic E-state index is 13.0. The van der Waals surface area contributed by atoms with Crippen LogP contribution in [0.1, 0.15) is 15.9 Å². The number of amides is 2. The molecule has 0 saturated carbocycles. The molecule has 2 aromatic rings. The second-order valence-electron chi connectivity index (χ2n) is 4.37. The molecule has 0 aliphatic carbocycles. The normalized spacial score (nSPS) is 10.4. The third kappa shape index (κ3) is 4.45. The van der Waals surface area contributed by atoms with Gasteiger partial charge in [-0.2, -0.15) is 0 Å². The number of anilines is 1. The minimum absolute atomic E-state index is 0.136. The average molecular weight is 300 g/mol. The minimum Gasteiger partial charge on any atom is -0.478 e. The van der Waals surface area contributed by atoms with Gasteiger partial charge in [0, 0.05) is 11.9 Å². The van der Waals surface area contributed by atoms with Crippen molar-refractivity contribution in [3.8, 4) is 0 Å². The quantitative estimate of drug-likeness (QED) is 0.810. The zero-order chi connectivity index (χ0) is 15.9. The van der Waals surface area contributed by atoms with Gasteiger partial charge in [-0.25, -0.2) is 14.0 Å². The maximum atomic E-state index is 13.0. The predicted octanol–water partition coefficient (Wildman–Crippen LogP) is 3.32. The highest BCUT2D eigenvalue weighted by atomic mass is 19.1. The summed E-state index contributed by atoms with van der Waals surface area (Å²) in [5, 5.41) is 13.8. The van der Waals surface area contributed by atoms with Gasteiger partial charge in [-0.3, -0.25) is 0 Å². The molecule has 0 saturated heterocycles. The van der Waals surface area contributed by atoms with Crippen molar-refractivity contribution in [2.45, 2.75) is 0 Å². The summed E-state index contributed by atoms with van der Waals surface area (Å²) in [7, 11) is 0. The summed E-state index contributed by atoms with van der Waals surface area (Å²) in [6.07, 6.45) is 2.94. The van der Waals surface area contributed by atoms with E-state index in [-0.39, 0.29) is 11.4 Å². The summed E-state index contributed by atoms with van der Waals surface area (Å²) in [4.78, 5) is 22.3. The third-order valence-electron chi connectivity index (χ3n) is 2.73. The fourth-order valence-corrected chi connectivity index (χ4v) is 1.69. The standard InChI is InChI=1S/C16H13FN2O3/c17-13-3-1-2-11(10-13)8-9-18-16(22)19-14-6-4-12(5-7-14)15(20)21/h1-10H,(H,20,21)(H2,18,19,22)/b9-8+. The largest absolute Gasteiger partial charge is 0.478 e. The van der Waals surface area contributed by atoms with Crippen LogP contribution in [0.25, 0.3) is 6.08 Å². The van der Waals surface area contributed by atoms with Gasteiger partial charge in [0.25, 0.3) is 0 Å². The van der Waals surface area contributed by atoms with Crippen LogP contribution in [0.15, 0.2) is 54.7 Å². The lowest BCUT2D eigenvalue weighted by molar-refractivity contribution is 0.0697. The zero-order valence-corrected chi connectivity index (χ0v) is 11.4. The molecule has 0 bridgehead atoms. The Morgan fingerprint density at radius 1 is 1.09 bits per heavy atom. The number of carboxylic acids is 1. The number of benzene rings is 2. The Labute approximate surface area is 126 Å². The van der Waals surface area contributed by atoms with Crippen LogP contribution in [0.2, 0.25) is 0 Å². The molecule has 0 aromatic heterocycles. The number of urea groups is 1. The Morgan fingerprint density at radius 2 is 1.82 bits per heavy atom. The van der Waals surface area contributed by atoms with Crippen molar-refractivity contribution in [2.75, 3.05) is 5.32 Å². The van der Waals surface area contributed by atoms with E-state index in [2.05, 4.69) is 10.6 Å². The van der Waals surface area contributed by atoms with E-state index in [0.717, 1.165) is 0 Å². The Hall–Kier alpha value is -3.15. The molecule has 112 valence electrons. The Bertz CT molecular complexity index is 712. The number of hydrogen-bond acceptors (Lipinski definition) is 2. The van der Waals surface area contributed by atoms with Gasteiger partial charge in [0.05, 0.1) is 5.56 Å². The van der Waals surface area contributed by atoms with Gasteiger partial charge in [-0.1, -0.05) is 12.1 Å². The van der Waals surface area contributed by atoms with Crippen LogP contribution in [0.5, 0.6) is 0 Å². The van der Waals surface area contributed by atoms with Crippen LogP contribution in [0, 0.1) is 5.82 Å². The lowest BCUT2D eigenvalue weighted by Crippen LogP contribution is -2.23. The van der Waals surface area contributed by atoms with E-state index in [1.165, 1.54) is 42.6 Å². The first-order valence-electron chi connectivity index (χ1n) is 6.37. The van der Waals surface area contributed by atoms with Gasteiger partial charge in [0.2, 0.25) is 0 Å². The predicted molar refractivity (Wildman–Crippen MR) is 81.0 cm³/mol. The highest BCUT2D eigenvalue weighted by Gasteiger charge is 2.03. The molecule has 0 aliphatic rings. The van der Waals surface area contributed by atoms with Crippen LogP contribution in [-0.4, -0.2) is 17.1 Å². The SMILES string of the molecule is O=C(N/C=C/c1cccc(F)c1)Nc1ccc(C(=O)O)cc1. The number of nitrogens with one attached hydrogen (secondary N) is 2. The van der Waals surface area contributed by atoms with E-state index >= 15 is 0 Å². The first-order chi connectivity index (χ1) is 10.5. The molecule has 0 radical (unpaired) electrons. The molecule has 0 unspecified atom stereocenters. The molecule has 2 amide bonds. The van der Waals surface area contributed by atoms with Crippen LogP contribution < -0.4 is 10.6 Å². The van der Waals surface area contributed by atoms with Gasteiger partial charge < -0.3 is 15.7 Å². The molecule has 6 heteroatoms. The molecular formula is C16H13FN2O3. The minimum atomic E-state index is -1.03. The van der Waals surface area contributed by atoms with E-state index < -0.39 is 12.0 Å². The lowest BCUT2D eigenvalue weighted by Gasteiger charge is -2.04. The third-order valence-corrected chi connectivity index (χ3v) is 2.73. The monoisotopic (exact) mass is 300 g/mol. The number of carbonyl (C=O) groups is 2. The molecule has 5 nitrogen and oxygen atoms in total. The summed E-state index contributed by atoms with van der Waals surface area (Å²) in [5.41, 5.74) is 1.21. The van der Waals surface area contributed by atoms with Crippen molar-refractivity contribution in [3.63, 3.8) is 0 Å². The topological polar surface area (TPSA) is 78.4 Å². The molecular weight excluding hydrogens is 287 g/mol. The number of rotatable bonds is 4. The smallest absolute Gasteiger partial charge is 0.335 e. The average Bonchev–Trinajstić information content (AvgIpc) is 2.48. The molecule has 0 atom stereocenters. The van der Waals surface area contributed by atoms with E-state index in [1.54, 1.807) is 18.2 Å². The van der Waals surface area contributed by atoms with Crippen LogP contribution in [0.3, 0.4) is 0 Å². The molecule has 0 fully saturated rings. The lowest BCUT2D eigenvalue weighted by atomic mass is 10.2. The van der Waals surface area contributed by atoms with E-state index in [0.29, 0.717) is 11.3 Å². The number of carbonyl (C=O) groups excluding carboxylic acids is 1. The molecule has 0 spiro atoms. The first kappa shape index (κ1) is 15.2. The number of halogens is 1. The Kier molecular flexibility index (Phi) is 4.87. The highest BCUT2D eigenvalue weighted by molar-refractivity contribution is 5.92. The van der Waals surface area contributed by atoms with Crippen molar-refractivity contribution >= 4 is 23.8 Å². The summed E-state index contributed by atoms with van der Waals surface area (Å²) < 4.78 is 13.0. The van der Waals surface area contributed by atoms with E-state index in [4.69, 9.17) is 5.11 Å². The fraction of sp³-hybridized carbons (Fsp3) is 0. The van der Waals surface area contributed by atoms with E-state index in [9.17, 15) is 14.0 Å². The molecule has 22 heavy (non-hydrogen) atoms. The fourth-order valence-electron chi connectivity index (χ4n) is 1.69. The van der Waals surface area contributed by atoms with Crippen LogP contribution in [-0.2, 0) is 0 Å². The van der Waals surface area contributed by atoms with Gasteiger partial charge in [-0.05, 0) is 48.0 Å². The summed E-state index contributed by atoms with van der Waals surface area (Å²) in [5.74, 6) is -1.39. The number of aromatic carboxylic acids is 1. The van der Waals surface area contributed by atoms with Crippen molar-refractivity contribution in [1.29, 1.82) is 0 Å². The Balaban J connectivity index is 1.89. The van der Waals surface area contributed by atoms with Crippen molar-refractivity contribution in [2.24, 2.45) is 0 Å². The summed E-state index contributed by atoms with van der Waals surface area (Å²) in [6.45, 7) is 0. The molecule has 3 N–H and O–H groups in total. The van der Waals surface area contributed by atoms with Gasteiger partial charge in [0.1, 0.15) is 5.82 Å². The Morgan fingerprint density at radius 3 is 2.45 bits per heavy atom. The van der Waals surface area contributed by atoms with Gasteiger partial charge >= 0.3 is 12.0 Å². The molecule has 2 aromatic carbocycles. The first-order valence-corrected chi connectivity index (χ1v) is 6.37. The summed E-state index contributed by atoms with van der Waals surface area (Å²) in [6, 6.07) is 11.2. The molecule has 2 rings (SSSR count). The van der Waals surface area contributed by atoms with Crippen molar-refractivity contribution < 1.29 is 19.1 Å². The summed E-state index contributed by atoms with van der Waals surface area (Å²) >= 11 is 0. The van der Waals surface area contributed by atoms with Crippen molar-refractivity contribution in [3.05, 3.63) is 71.7 Å². The van der Waals surface area contributed by atoms with Crippen LogP contribution in [0.4, 0.5) is 14.9 Å². The maximum Gasteiger partial charge on any atom is 0.335 e. The second-order valence-corrected chi connectivity index (χ2v) is 4.37. The van der Waals surface area contributed by atoms with E-state index in [1.807, 2.05) is 0 Å². The molecule has 0 aliphatic heterocycles. The number of carboxylic acid groups (broad SMARTS) is 1. The highest BCUT2D eigenvalue weighted by Crippen LogP contribution is 2.09. The van der Waals surface area contributed by atoms with Crippen LogP contribution >= 0.6 is 0 Å². The number of hydrogen-bond donors (Lipinski definition) is 3.